The Kier molecular flexibility index (Phi) is 3.52. The Morgan fingerprint density at radius 3 is 3.00 bits per heavy atom. The summed E-state index contributed by atoms with van der Waals surface area (Å²) in [6.07, 6.45) is 2.79. The van der Waals surface area contributed by atoms with Gasteiger partial charge in [-0.15, -0.1) is 0 Å². The summed E-state index contributed by atoms with van der Waals surface area (Å²) in [7, 11) is 0. The SMILES string of the molecule is CCC1(C(=O)N[C@H]2c3ccccc3C[C@H]2O)CCCN1. The van der Waals surface area contributed by atoms with Gasteiger partial charge in [0.05, 0.1) is 17.7 Å². The maximum atomic E-state index is 12.6. The summed E-state index contributed by atoms with van der Waals surface area (Å²) in [6, 6.07) is 7.68. The predicted octanol–water partition coefficient (Wildman–Crippen LogP) is 1.29. The van der Waals surface area contributed by atoms with Gasteiger partial charge in [0.2, 0.25) is 5.91 Å². The van der Waals surface area contributed by atoms with E-state index in [0.717, 1.165) is 36.9 Å². The molecule has 0 radical (unpaired) electrons. The maximum absolute atomic E-state index is 12.6. The van der Waals surface area contributed by atoms with Crippen molar-refractivity contribution in [3.63, 3.8) is 0 Å². The number of benzene rings is 1. The van der Waals surface area contributed by atoms with E-state index in [0.29, 0.717) is 6.42 Å². The number of aliphatic hydroxyl groups is 1. The first-order valence-electron chi connectivity index (χ1n) is 7.48. The largest absolute Gasteiger partial charge is 0.390 e. The van der Waals surface area contributed by atoms with E-state index in [2.05, 4.69) is 10.6 Å². The summed E-state index contributed by atoms with van der Waals surface area (Å²) in [5, 5.41) is 16.6. The van der Waals surface area contributed by atoms with Crippen molar-refractivity contribution in [3.05, 3.63) is 35.4 Å². The number of aliphatic hydroxyl groups excluding tert-OH is 1. The maximum Gasteiger partial charge on any atom is 0.240 e. The third-order valence-electron chi connectivity index (χ3n) is 4.77. The van der Waals surface area contributed by atoms with Gasteiger partial charge in [-0.25, -0.2) is 0 Å². The molecule has 1 fully saturated rings. The number of amides is 1. The minimum absolute atomic E-state index is 0.0262. The van der Waals surface area contributed by atoms with Crippen molar-refractivity contribution in [2.75, 3.05) is 6.54 Å². The lowest BCUT2D eigenvalue weighted by molar-refractivity contribution is -0.128. The average molecular weight is 274 g/mol. The van der Waals surface area contributed by atoms with Crippen LogP contribution in [0.2, 0.25) is 0 Å². The fourth-order valence-electron chi connectivity index (χ4n) is 3.49. The first-order chi connectivity index (χ1) is 9.66. The minimum atomic E-state index is -0.522. The molecule has 2 aliphatic rings. The van der Waals surface area contributed by atoms with Gasteiger partial charge in [-0.1, -0.05) is 31.2 Å². The lowest BCUT2D eigenvalue weighted by atomic mass is 9.92. The van der Waals surface area contributed by atoms with Crippen LogP contribution in [0.25, 0.3) is 0 Å². The molecule has 1 aromatic carbocycles. The summed E-state index contributed by atoms with van der Waals surface area (Å²) < 4.78 is 0. The molecule has 0 aromatic heterocycles. The van der Waals surface area contributed by atoms with Crippen LogP contribution < -0.4 is 10.6 Å². The van der Waals surface area contributed by atoms with Gasteiger partial charge < -0.3 is 15.7 Å². The van der Waals surface area contributed by atoms with E-state index in [1.807, 2.05) is 31.2 Å². The molecule has 1 aliphatic carbocycles. The van der Waals surface area contributed by atoms with Gasteiger partial charge >= 0.3 is 0 Å². The van der Waals surface area contributed by atoms with Crippen molar-refractivity contribution in [1.29, 1.82) is 0 Å². The summed E-state index contributed by atoms with van der Waals surface area (Å²) in [4.78, 5) is 12.6. The molecule has 108 valence electrons. The van der Waals surface area contributed by atoms with Crippen molar-refractivity contribution >= 4 is 5.91 Å². The van der Waals surface area contributed by atoms with Crippen molar-refractivity contribution in [2.24, 2.45) is 0 Å². The molecule has 1 unspecified atom stereocenters. The van der Waals surface area contributed by atoms with Crippen molar-refractivity contribution < 1.29 is 9.90 Å². The first kappa shape index (κ1) is 13.6. The molecule has 3 N–H and O–H groups in total. The van der Waals surface area contributed by atoms with Crippen molar-refractivity contribution in [2.45, 2.75) is 50.3 Å². The normalized spacial score (nSPS) is 32.1. The Hall–Kier alpha value is -1.39. The fourth-order valence-corrected chi connectivity index (χ4v) is 3.49. The summed E-state index contributed by atoms with van der Waals surface area (Å²) in [6.45, 7) is 2.93. The van der Waals surface area contributed by atoms with Crippen LogP contribution in [-0.4, -0.2) is 29.2 Å². The van der Waals surface area contributed by atoms with Gasteiger partial charge in [-0.05, 0) is 36.9 Å². The Morgan fingerprint density at radius 1 is 1.50 bits per heavy atom. The number of fused-ring (bicyclic) bond motifs is 1. The second kappa shape index (κ2) is 5.19. The lowest BCUT2D eigenvalue weighted by Gasteiger charge is -2.29. The molecule has 1 heterocycles. The Bertz CT molecular complexity index is 509. The molecule has 1 amide bonds. The third-order valence-corrected chi connectivity index (χ3v) is 4.77. The van der Waals surface area contributed by atoms with E-state index in [-0.39, 0.29) is 11.9 Å². The molecule has 1 aromatic rings. The summed E-state index contributed by atoms with van der Waals surface area (Å²) >= 11 is 0. The first-order valence-corrected chi connectivity index (χ1v) is 7.48. The average Bonchev–Trinajstić information content (AvgIpc) is 3.05. The van der Waals surface area contributed by atoms with E-state index < -0.39 is 11.6 Å². The molecule has 1 saturated heterocycles. The Morgan fingerprint density at radius 2 is 2.30 bits per heavy atom. The zero-order chi connectivity index (χ0) is 14.2. The van der Waals surface area contributed by atoms with Gasteiger partial charge in [0.25, 0.3) is 0 Å². The number of carbonyl (C=O) groups excluding carboxylic acids is 1. The molecule has 3 rings (SSSR count). The zero-order valence-corrected chi connectivity index (χ0v) is 11.9. The Balaban J connectivity index is 1.79. The minimum Gasteiger partial charge on any atom is -0.390 e. The molecular formula is C16H22N2O2. The summed E-state index contributed by atoms with van der Waals surface area (Å²) in [5.41, 5.74) is 1.74. The second-order valence-corrected chi connectivity index (χ2v) is 5.89. The monoisotopic (exact) mass is 274 g/mol. The number of rotatable bonds is 3. The molecule has 0 bridgehead atoms. The summed E-state index contributed by atoms with van der Waals surface area (Å²) in [5.74, 6) is 0.0262. The highest BCUT2D eigenvalue weighted by molar-refractivity contribution is 5.87. The van der Waals surface area contributed by atoms with Gasteiger partial charge in [0, 0.05) is 6.42 Å². The number of carbonyl (C=O) groups is 1. The van der Waals surface area contributed by atoms with E-state index in [1.165, 1.54) is 0 Å². The van der Waals surface area contributed by atoms with E-state index in [9.17, 15) is 9.90 Å². The molecular weight excluding hydrogens is 252 g/mol. The van der Waals surface area contributed by atoms with Gasteiger partial charge in [-0.3, -0.25) is 4.79 Å². The third kappa shape index (κ3) is 2.13. The van der Waals surface area contributed by atoms with Crippen LogP contribution in [0.3, 0.4) is 0 Å². The van der Waals surface area contributed by atoms with Gasteiger partial charge in [-0.2, -0.15) is 0 Å². The molecule has 4 heteroatoms. The highest BCUT2D eigenvalue weighted by Gasteiger charge is 2.42. The van der Waals surface area contributed by atoms with E-state index >= 15 is 0 Å². The van der Waals surface area contributed by atoms with Crippen LogP contribution in [0.5, 0.6) is 0 Å². The smallest absolute Gasteiger partial charge is 0.240 e. The lowest BCUT2D eigenvalue weighted by Crippen LogP contribution is -2.54. The van der Waals surface area contributed by atoms with Crippen LogP contribution in [0.15, 0.2) is 24.3 Å². The number of hydrogen-bond acceptors (Lipinski definition) is 3. The van der Waals surface area contributed by atoms with Crippen molar-refractivity contribution in [1.82, 2.24) is 10.6 Å². The van der Waals surface area contributed by atoms with Crippen LogP contribution in [0.1, 0.15) is 43.4 Å². The molecule has 3 atom stereocenters. The van der Waals surface area contributed by atoms with Crippen LogP contribution >= 0.6 is 0 Å². The molecule has 20 heavy (non-hydrogen) atoms. The standard InChI is InChI=1S/C16H22N2O2/c1-2-16(8-5-9-17-16)15(20)18-14-12-7-4-3-6-11(12)10-13(14)19/h3-4,6-7,13-14,17,19H,2,5,8-10H2,1H3,(H,18,20)/t13-,14+,16?/m1/s1. The number of nitrogens with one attached hydrogen (secondary N) is 2. The van der Waals surface area contributed by atoms with Crippen LogP contribution in [0, 0.1) is 0 Å². The van der Waals surface area contributed by atoms with Crippen LogP contribution in [0.4, 0.5) is 0 Å². The molecule has 4 nitrogen and oxygen atoms in total. The highest BCUT2D eigenvalue weighted by atomic mass is 16.3. The highest BCUT2D eigenvalue weighted by Crippen LogP contribution is 2.32. The zero-order valence-electron chi connectivity index (χ0n) is 11.9. The van der Waals surface area contributed by atoms with Crippen molar-refractivity contribution in [3.8, 4) is 0 Å². The second-order valence-electron chi connectivity index (χ2n) is 5.89. The number of hydrogen-bond donors (Lipinski definition) is 3. The van der Waals surface area contributed by atoms with E-state index in [4.69, 9.17) is 0 Å². The molecule has 0 saturated carbocycles. The van der Waals surface area contributed by atoms with Crippen LogP contribution in [-0.2, 0) is 11.2 Å². The fraction of sp³-hybridized carbons (Fsp3) is 0.562. The van der Waals surface area contributed by atoms with Gasteiger partial charge in [0.1, 0.15) is 0 Å². The van der Waals surface area contributed by atoms with E-state index in [1.54, 1.807) is 0 Å². The quantitative estimate of drug-likeness (QED) is 0.778. The Labute approximate surface area is 119 Å². The molecule has 1 aliphatic heterocycles. The topological polar surface area (TPSA) is 61.4 Å². The predicted molar refractivity (Wildman–Crippen MR) is 77.3 cm³/mol. The van der Waals surface area contributed by atoms with Gasteiger partial charge in [0.15, 0.2) is 0 Å². The molecule has 0 spiro atoms.